The average molecular weight is 383 g/mol. The maximum Gasteiger partial charge on any atom is 0.341 e. The van der Waals surface area contributed by atoms with Crippen LogP contribution in [0, 0.1) is 6.92 Å². The lowest BCUT2D eigenvalue weighted by Crippen LogP contribution is -2.44. The number of hydrogen-bond donors (Lipinski definition) is 1. The second kappa shape index (κ2) is 8.75. The molecule has 0 bridgehead atoms. The summed E-state index contributed by atoms with van der Waals surface area (Å²) in [6.45, 7) is 5.77. The van der Waals surface area contributed by atoms with E-state index in [-0.39, 0.29) is 5.91 Å². The highest BCUT2D eigenvalue weighted by atomic mass is 16.5. The molecule has 148 valence electrons. The Morgan fingerprint density at radius 1 is 1.14 bits per heavy atom. The number of amides is 1. The molecule has 3 rings (SSSR count). The van der Waals surface area contributed by atoms with Crippen LogP contribution in [0.25, 0.3) is 6.08 Å². The number of piperazine rings is 1. The predicted molar refractivity (Wildman–Crippen MR) is 109 cm³/mol. The van der Waals surface area contributed by atoms with Crippen molar-refractivity contribution in [2.45, 2.75) is 6.92 Å². The smallest absolute Gasteiger partial charge is 0.341 e. The van der Waals surface area contributed by atoms with Crippen LogP contribution < -0.4 is 10.2 Å². The second-order valence-corrected chi connectivity index (χ2v) is 6.77. The number of carbonyl (C=O) groups excluding carboxylic acids is 2. The molecule has 1 saturated heterocycles. The van der Waals surface area contributed by atoms with Crippen molar-refractivity contribution in [2.24, 2.45) is 0 Å². The second-order valence-electron chi connectivity index (χ2n) is 6.77. The Morgan fingerprint density at radius 2 is 1.82 bits per heavy atom. The van der Waals surface area contributed by atoms with Crippen molar-refractivity contribution < 1.29 is 18.7 Å². The lowest BCUT2D eigenvalue weighted by atomic mass is 10.2. The molecule has 1 aliphatic heterocycles. The van der Waals surface area contributed by atoms with Gasteiger partial charge in [-0.25, -0.2) is 4.79 Å². The van der Waals surface area contributed by atoms with Gasteiger partial charge < -0.3 is 24.3 Å². The first-order chi connectivity index (χ1) is 13.5. The molecule has 1 fully saturated rings. The Kier molecular flexibility index (Phi) is 6.16. The summed E-state index contributed by atoms with van der Waals surface area (Å²) < 4.78 is 10.1. The Labute approximate surface area is 164 Å². The van der Waals surface area contributed by atoms with Crippen molar-refractivity contribution in [2.75, 3.05) is 50.6 Å². The third kappa shape index (κ3) is 4.80. The number of hydrogen-bond acceptors (Lipinski definition) is 6. The molecule has 1 N–H and O–H groups in total. The zero-order chi connectivity index (χ0) is 20.1. The molecule has 2 heterocycles. The first-order valence-electron chi connectivity index (χ1n) is 9.17. The Morgan fingerprint density at radius 3 is 2.46 bits per heavy atom. The summed E-state index contributed by atoms with van der Waals surface area (Å²) >= 11 is 0. The molecule has 2 aromatic rings. The Bertz CT molecular complexity index is 862. The van der Waals surface area contributed by atoms with Crippen LogP contribution in [0.3, 0.4) is 0 Å². The van der Waals surface area contributed by atoms with Crippen molar-refractivity contribution >= 4 is 29.3 Å². The number of methoxy groups -OCH3 is 1. The van der Waals surface area contributed by atoms with E-state index in [9.17, 15) is 9.59 Å². The highest BCUT2D eigenvalue weighted by Gasteiger charge is 2.15. The Balaban J connectivity index is 1.57. The number of esters is 1. The van der Waals surface area contributed by atoms with Gasteiger partial charge in [-0.3, -0.25) is 4.79 Å². The van der Waals surface area contributed by atoms with Crippen molar-refractivity contribution in [3.05, 3.63) is 53.5 Å². The molecule has 0 atom stereocenters. The van der Waals surface area contributed by atoms with Crippen molar-refractivity contribution in [1.29, 1.82) is 0 Å². The molecule has 0 saturated carbocycles. The van der Waals surface area contributed by atoms with E-state index >= 15 is 0 Å². The van der Waals surface area contributed by atoms with E-state index in [0.29, 0.717) is 17.1 Å². The number of nitrogens with zero attached hydrogens (tertiary/aromatic N) is 2. The van der Waals surface area contributed by atoms with Crippen LogP contribution in [-0.4, -0.2) is 57.1 Å². The number of nitrogens with one attached hydrogen (secondary N) is 1. The highest BCUT2D eigenvalue weighted by molar-refractivity contribution is 6.02. The lowest BCUT2D eigenvalue weighted by molar-refractivity contribution is -0.111. The standard InChI is InChI=1S/C21H25N3O4/c1-15-19(21(26)27-3)14-18(28-15)8-9-20(25)22-16-4-6-17(7-5-16)24-12-10-23(2)11-13-24/h4-9,14H,10-13H2,1-3H3,(H,22,25)/b9-8+. The molecule has 0 radical (unpaired) electrons. The van der Waals surface area contributed by atoms with Crippen LogP contribution in [0.4, 0.5) is 11.4 Å². The summed E-state index contributed by atoms with van der Waals surface area (Å²) in [5.74, 6) is 0.122. The number of benzene rings is 1. The minimum Gasteiger partial charge on any atom is -0.465 e. The highest BCUT2D eigenvalue weighted by Crippen LogP contribution is 2.20. The van der Waals surface area contributed by atoms with Gasteiger partial charge in [0.2, 0.25) is 5.91 Å². The molecule has 7 heteroatoms. The van der Waals surface area contributed by atoms with E-state index in [2.05, 4.69) is 26.9 Å². The maximum absolute atomic E-state index is 12.1. The third-order valence-electron chi connectivity index (χ3n) is 4.74. The van der Waals surface area contributed by atoms with Gasteiger partial charge in [0.05, 0.1) is 7.11 Å². The Hall–Kier alpha value is -3.06. The molecule has 28 heavy (non-hydrogen) atoms. The van der Waals surface area contributed by atoms with Crippen molar-refractivity contribution in [1.82, 2.24) is 4.90 Å². The van der Waals surface area contributed by atoms with Gasteiger partial charge in [-0.2, -0.15) is 0 Å². The van der Waals surface area contributed by atoms with Gasteiger partial charge in [0, 0.05) is 43.6 Å². The van der Waals surface area contributed by atoms with Gasteiger partial charge in [0.1, 0.15) is 17.1 Å². The van der Waals surface area contributed by atoms with Crippen molar-refractivity contribution in [3.63, 3.8) is 0 Å². The van der Waals surface area contributed by atoms with Gasteiger partial charge in [0.25, 0.3) is 0 Å². The average Bonchev–Trinajstić information content (AvgIpc) is 3.08. The minimum atomic E-state index is -0.467. The summed E-state index contributed by atoms with van der Waals surface area (Å²) in [4.78, 5) is 28.4. The van der Waals surface area contributed by atoms with E-state index in [4.69, 9.17) is 4.42 Å². The quantitative estimate of drug-likeness (QED) is 0.632. The summed E-state index contributed by atoms with van der Waals surface area (Å²) in [6.07, 6.45) is 2.89. The molecule has 1 aromatic heterocycles. The zero-order valence-electron chi connectivity index (χ0n) is 16.4. The first-order valence-corrected chi connectivity index (χ1v) is 9.17. The minimum absolute atomic E-state index is 0.277. The van der Waals surface area contributed by atoms with Crippen molar-refractivity contribution in [3.8, 4) is 0 Å². The van der Waals surface area contributed by atoms with Crippen LogP contribution in [0.1, 0.15) is 21.9 Å². The van der Waals surface area contributed by atoms with E-state index < -0.39 is 5.97 Å². The maximum atomic E-state index is 12.1. The third-order valence-corrected chi connectivity index (χ3v) is 4.74. The number of aryl methyl sites for hydroxylation is 1. The van der Waals surface area contributed by atoms with Gasteiger partial charge in [-0.05, 0) is 50.4 Å². The molecule has 0 aliphatic carbocycles. The van der Waals surface area contributed by atoms with Gasteiger partial charge in [-0.1, -0.05) is 0 Å². The largest absolute Gasteiger partial charge is 0.465 e. The van der Waals surface area contributed by atoms with Crippen LogP contribution in [0.2, 0.25) is 0 Å². The normalized spacial score (nSPS) is 15.0. The summed E-state index contributed by atoms with van der Waals surface area (Å²) in [5, 5.41) is 2.82. The van der Waals surface area contributed by atoms with E-state index in [1.54, 1.807) is 13.0 Å². The van der Waals surface area contributed by atoms with E-state index in [0.717, 1.165) is 37.6 Å². The number of ether oxygens (including phenoxy) is 1. The van der Waals surface area contributed by atoms with Crippen LogP contribution in [0.5, 0.6) is 0 Å². The summed E-state index contributed by atoms with van der Waals surface area (Å²) in [7, 11) is 3.44. The van der Waals surface area contributed by atoms with Crippen LogP contribution >= 0.6 is 0 Å². The van der Waals surface area contributed by atoms with E-state index in [1.165, 1.54) is 19.3 Å². The lowest BCUT2D eigenvalue weighted by Gasteiger charge is -2.34. The summed E-state index contributed by atoms with van der Waals surface area (Å²) in [6, 6.07) is 9.37. The summed E-state index contributed by atoms with van der Waals surface area (Å²) in [5.41, 5.74) is 2.23. The molecule has 0 unspecified atom stereocenters. The monoisotopic (exact) mass is 383 g/mol. The molecular weight excluding hydrogens is 358 g/mol. The molecule has 1 aliphatic rings. The zero-order valence-corrected chi connectivity index (χ0v) is 16.4. The van der Waals surface area contributed by atoms with Crippen LogP contribution in [0.15, 0.2) is 40.8 Å². The number of anilines is 2. The SMILES string of the molecule is COC(=O)c1cc(/C=C/C(=O)Nc2ccc(N3CCN(C)CC3)cc2)oc1C. The molecule has 1 amide bonds. The number of furan rings is 1. The number of likely N-dealkylation sites (N-methyl/N-ethyl adjacent to an activating group) is 1. The fourth-order valence-corrected chi connectivity index (χ4v) is 3.06. The van der Waals surface area contributed by atoms with Gasteiger partial charge in [0.15, 0.2) is 0 Å². The van der Waals surface area contributed by atoms with Gasteiger partial charge in [-0.15, -0.1) is 0 Å². The molecule has 7 nitrogen and oxygen atoms in total. The molecule has 0 spiro atoms. The fourth-order valence-electron chi connectivity index (χ4n) is 3.06. The number of rotatable bonds is 5. The first kappa shape index (κ1) is 19.7. The fraction of sp³-hybridized carbons (Fsp3) is 0.333. The topological polar surface area (TPSA) is 75.0 Å². The van der Waals surface area contributed by atoms with Crippen LogP contribution in [-0.2, 0) is 9.53 Å². The number of carbonyl (C=O) groups is 2. The predicted octanol–water partition coefficient (Wildman–Crippen LogP) is 2.78. The molecular formula is C21H25N3O4. The van der Waals surface area contributed by atoms with E-state index in [1.807, 2.05) is 24.3 Å². The van der Waals surface area contributed by atoms with Gasteiger partial charge >= 0.3 is 5.97 Å². The molecule has 1 aromatic carbocycles.